The Kier molecular flexibility index (Phi) is 4.08. The first-order valence-corrected chi connectivity index (χ1v) is 6.01. The predicted octanol–water partition coefficient (Wildman–Crippen LogP) is 1.70. The van der Waals surface area contributed by atoms with Crippen LogP contribution in [0.25, 0.3) is 0 Å². The van der Waals surface area contributed by atoms with E-state index in [1.165, 1.54) is 0 Å². The number of thiocarbonyl (C=S) groups is 1. The zero-order chi connectivity index (χ0) is 11.6. The van der Waals surface area contributed by atoms with E-state index in [9.17, 15) is 4.79 Å². The summed E-state index contributed by atoms with van der Waals surface area (Å²) < 4.78 is 0. The Balaban J connectivity index is 2.86. The third-order valence-electron chi connectivity index (χ3n) is 3.05. The Morgan fingerprint density at radius 1 is 1.53 bits per heavy atom. The number of nitrogens with two attached hydrogens (primary N) is 1. The Labute approximate surface area is 97.0 Å². The number of hydrogen-bond donors (Lipinski definition) is 1. The van der Waals surface area contributed by atoms with Crippen LogP contribution >= 0.6 is 12.2 Å². The molecule has 0 aromatic heterocycles. The molecule has 86 valence electrons. The minimum atomic E-state index is -0.0140. The molecule has 1 amide bonds. The van der Waals surface area contributed by atoms with Crippen LogP contribution in [0, 0.1) is 5.92 Å². The molecule has 0 radical (unpaired) electrons. The Bertz CT molecular complexity index is 265. The van der Waals surface area contributed by atoms with Crippen LogP contribution < -0.4 is 5.73 Å². The lowest BCUT2D eigenvalue weighted by molar-refractivity contribution is -0.136. The number of carbonyl (C=O) groups excluding carboxylic acids is 1. The molecule has 0 aliphatic carbocycles. The third-order valence-corrected chi connectivity index (χ3v) is 3.32. The fraction of sp³-hybridized carbons (Fsp3) is 0.818. The number of hydrogen-bond acceptors (Lipinski definition) is 2. The Morgan fingerprint density at radius 2 is 2.13 bits per heavy atom. The highest BCUT2D eigenvalue weighted by Crippen LogP contribution is 2.28. The largest absolute Gasteiger partial charge is 0.392 e. The van der Waals surface area contributed by atoms with Crippen molar-refractivity contribution in [3.8, 4) is 0 Å². The monoisotopic (exact) mass is 228 g/mol. The lowest BCUT2D eigenvalue weighted by Gasteiger charge is -2.30. The number of nitrogens with zero attached hydrogens (tertiary/aromatic N) is 1. The van der Waals surface area contributed by atoms with Crippen molar-refractivity contribution in [1.29, 1.82) is 0 Å². The molecule has 1 aliphatic heterocycles. The van der Waals surface area contributed by atoms with Crippen LogP contribution in [0.1, 0.15) is 40.0 Å². The van der Waals surface area contributed by atoms with Crippen molar-refractivity contribution in [2.45, 2.75) is 52.1 Å². The second-order valence-corrected chi connectivity index (χ2v) is 4.93. The fourth-order valence-corrected chi connectivity index (χ4v) is 2.43. The number of rotatable bonds is 3. The molecule has 4 heteroatoms. The Morgan fingerprint density at radius 3 is 2.53 bits per heavy atom. The van der Waals surface area contributed by atoms with Gasteiger partial charge in [-0.15, -0.1) is 0 Å². The molecule has 1 fully saturated rings. The smallest absolute Gasteiger partial charge is 0.225 e. The van der Waals surface area contributed by atoms with Crippen molar-refractivity contribution in [2.24, 2.45) is 11.7 Å². The second kappa shape index (κ2) is 4.92. The minimum Gasteiger partial charge on any atom is -0.392 e. The van der Waals surface area contributed by atoms with Gasteiger partial charge in [0.25, 0.3) is 0 Å². The average molecular weight is 228 g/mol. The standard InChI is InChI=1S/C11H20N2OS/c1-4-8-5-6-9(10(12)15)13(8)11(14)7(2)3/h7-9H,4-6H2,1-3H3,(H2,12,15)/t8-,9-/m0/s1. The van der Waals surface area contributed by atoms with Crippen molar-refractivity contribution >= 4 is 23.1 Å². The lowest BCUT2D eigenvalue weighted by atomic mass is 10.1. The van der Waals surface area contributed by atoms with Gasteiger partial charge in [0.1, 0.15) is 0 Å². The molecular formula is C11H20N2OS. The predicted molar refractivity (Wildman–Crippen MR) is 65.6 cm³/mol. The molecule has 0 bridgehead atoms. The maximum absolute atomic E-state index is 12.0. The summed E-state index contributed by atoms with van der Waals surface area (Å²) in [5.41, 5.74) is 5.68. The van der Waals surface area contributed by atoms with E-state index < -0.39 is 0 Å². The van der Waals surface area contributed by atoms with E-state index in [0.717, 1.165) is 19.3 Å². The topological polar surface area (TPSA) is 46.3 Å². The lowest BCUT2D eigenvalue weighted by Crippen LogP contribution is -2.48. The summed E-state index contributed by atoms with van der Waals surface area (Å²) in [6.07, 6.45) is 2.93. The van der Waals surface area contributed by atoms with Gasteiger partial charge in [0.05, 0.1) is 11.0 Å². The fourth-order valence-electron chi connectivity index (χ4n) is 2.19. The van der Waals surface area contributed by atoms with Gasteiger partial charge in [-0.1, -0.05) is 33.0 Å². The first-order valence-electron chi connectivity index (χ1n) is 5.60. The number of amides is 1. The average Bonchev–Trinajstić information content (AvgIpc) is 2.59. The van der Waals surface area contributed by atoms with Crippen LogP contribution in [0.15, 0.2) is 0 Å². The summed E-state index contributed by atoms with van der Waals surface area (Å²) in [5.74, 6) is 0.200. The van der Waals surface area contributed by atoms with E-state index in [-0.39, 0.29) is 17.9 Å². The first-order chi connectivity index (χ1) is 6.99. The summed E-state index contributed by atoms with van der Waals surface area (Å²) in [4.78, 5) is 14.4. The quantitative estimate of drug-likeness (QED) is 0.748. The molecule has 15 heavy (non-hydrogen) atoms. The van der Waals surface area contributed by atoms with Crippen molar-refractivity contribution in [1.82, 2.24) is 4.90 Å². The van der Waals surface area contributed by atoms with Crippen molar-refractivity contribution in [2.75, 3.05) is 0 Å². The van der Waals surface area contributed by atoms with Crippen LogP contribution in [0.2, 0.25) is 0 Å². The molecule has 2 N–H and O–H groups in total. The number of carbonyl (C=O) groups is 1. The van der Waals surface area contributed by atoms with Crippen LogP contribution in [0.5, 0.6) is 0 Å². The molecule has 0 unspecified atom stereocenters. The molecule has 1 heterocycles. The van der Waals surface area contributed by atoms with Crippen LogP contribution in [-0.4, -0.2) is 27.9 Å². The van der Waals surface area contributed by atoms with E-state index in [0.29, 0.717) is 11.0 Å². The van der Waals surface area contributed by atoms with Crippen molar-refractivity contribution in [3.05, 3.63) is 0 Å². The van der Waals surface area contributed by atoms with Gasteiger partial charge in [0, 0.05) is 12.0 Å². The SMILES string of the molecule is CC[C@H]1CC[C@@H](C(N)=S)N1C(=O)C(C)C. The van der Waals surface area contributed by atoms with Crippen molar-refractivity contribution < 1.29 is 4.79 Å². The maximum atomic E-state index is 12.0. The highest BCUT2D eigenvalue weighted by atomic mass is 32.1. The highest BCUT2D eigenvalue weighted by molar-refractivity contribution is 7.80. The summed E-state index contributed by atoms with van der Waals surface area (Å²) in [6, 6.07) is 0.311. The summed E-state index contributed by atoms with van der Waals surface area (Å²) in [7, 11) is 0. The number of likely N-dealkylation sites (tertiary alicyclic amines) is 1. The van der Waals surface area contributed by atoms with Crippen LogP contribution in [0.4, 0.5) is 0 Å². The normalized spacial score (nSPS) is 26.0. The molecule has 2 atom stereocenters. The van der Waals surface area contributed by atoms with E-state index in [4.69, 9.17) is 18.0 Å². The third kappa shape index (κ3) is 2.48. The van der Waals surface area contributed by atoms with E-state index >= 15 is 0 Å². The van der Waals surface area contributed by atoms with E-state index in [2.05, 4.69) is 6.92 Å². The molecule has 0 aromatic rings. The molecule has 1 aliphatic rings. The van der Waals surface area contributed by atoms with E-state index in [1.54, 1.807) is 0 Å². The van der Waals surface area contributed by atoms with E-state index in [1.807, 2.05) is 18.7 Å². The minimum absolute atomic E-state index is 0.0140. The maximum Gasteiger partial charge on any atom is 0.225 e. The summed E-state index contributed by atoms with van der Waals surface area (Å²) in [5, 5.41) is 0. The Hall–Kier alpha value is -0.640. The van der Waals surface area contributed by atoms with Gasteiger partial charge in [-0.2, -0.15) is 0 Å². The molecule has 1 saturated heterocycles. The molecule has 3 nitrogen and oxygen atoms in total. The van der Waals surface area contributed by atoms with Crippen molar-refractivity contribution in [3.63, 3.8) is 0 Å². The summed E-state index contributed by atoms with van der Waals surface area (Å²) in [6.45, 7) is 5.95. The molecule has 0 aromatic carbocycles. The zero-order valence-electron chi connectivity index (χ0n) is 9.69. The molecular weight excluding hydrogens is 208 g/mol. The van der Waals surface area contributed by atoms with Gasteiger partial charge < -0.3 is 10.6 Å². The van der Waals surface area contributed by atoms with Crippen LogP contribution in [0.3, 0.4) is 0 Å². The second-order valence-electron chi connectivity index (χ2n) is 4.46. The van der Waals surface area contributed by atoms with Gasteiger partial charge in [-0.3, -0.25) is 4.79 Å². The van der Waals surface area contributed by atoms with Gasteiger partial charge in [-0.25, -0.2) is 0 Å². The van der Waals surface area contributed by atoms with Gasteiger partial charge in [-0.05, 0) is 19.3 Å². The van der Waals surface area contributed by atoms with Gasteiger partial charge in [0.2, 0.25) is 5.91 Å². The molecule has 1 rings (SSSR count). The van der Waals surface area contributed by atoms with Gasteiger partial charge in [0.15, 0.2) is 0 Å². The van der Waals surface area contributed by atoms with Gasteiger partial charge >= 0.3 is 0 Å². The molecule has 0 saturated carbocycles. The molecule has 0 spiro atoms. The first kappa shape index (κ1) is 12.4. The zero-order valence-corrected chi connectivity index (χ0v) is 10.5. The highest BCUT2D eigenvalue weighted by Gasteiger charge is 2.37. The van der Waals surface area contributed by atoms with Crippen LogP contribution in [-0.2, 0) is 4.79 Å². The summed E-state index contributed by atoms with van der Waals surface area (Å²) >= 11 is 5.02.